The van der Waals surface area contributed by atoms with Gasteiger partial charge in [-0.1, -0.05) is 0 Å². The molecule has 1 aliphatic heterocycles. The molecule has 0 spiro atoms. The highest BCUT2D eigenvalue weighted by molar-refractivity contribution is 5.79. The number of carbonyl (C=O) groups excluding carboxylic acids is 1. The van der Waals surface area contributed by atoms with Crippen LogP contribution in [0.3, 0.4) is 0 Å². The average molecular weight is 191 g/mol. The first kappa shape index (κ1) is 9.12. The first-order valence-electron chi connectivity index (χ1n) is 4.73. The van der Waals surface area contributed by atoms with Crippen LogP contribution in [0.2, 0.25) is 0 Å². The van der Waals surface area contributed by atoms with Crippen LogP contribution in [0.15, 0.2) is 18.7 Å². The number of nitrogens with zero attached hydrogens (tertiary/aromatic N) is 2. The summed E-state index contributed by atoms with van der Waals surface area (Å²) in [5, 5.41) is 2.98. The molecule has 74 valence electrons. The van der Waals surface area contributed by atoms with Crippen LogP contribution in [0.25, 0.3) is 0 Å². The zero-order valence-corrected chi connectivity index (χ0v) is 8.16. The molecule has 0 aliphatic carbocycles. The second kappa shape index (κ2) is 3.36. The molecule has 0 bridgehead atoms. The Balaban J connectivity index is 2.08. The number of hydrogen-bond acceptors (Lipinski definition) is 3. The van der Waals surface area contributed by atoms with E-state index < -0.39 is 0 Å². The van der Waals surface area contributed by atoms with E-state index in [9.17, 15) is 4.79 Å². The van der Waals surface area contributed by atoms with Crippen molar-refractivity contribution in [2.45, 2.75) is 31.7 Å². The summed E-state index contributed by atoms with van der Waals surface area (Å²) in [4.78, 5) is 19.0. The Kier molecular flexibility index (Phi) is 2.19. The van der Waals surface area contributed by atoms with Crippen LogP contribution in [0, 0.1) is 0 Å². The van der Waals surface area contributed by atoms with Crippen molar-refractivity contribution in [3.8, 4) is 0 Å². The van der Waals surface area contributed by atoms with Gasteiger partial charge in [0.15, 0.2) is 0 Å². The molecule has 1 aromatic heterocycles. The lowest BCUT2D eigenvalue weighted by atomic mass is 9.93. The van der Waals surface area contributed by atoms with Gasteiger partial charge in [0.05, 0.1) is 0 Å². The first-order valence-corrected chi connectivity index (χ1v) is 4.73. The fourth-order valence-electron chi connectivity index (χ4n) is 1.86. The van der Waals surface area contributed by atoms with Crippen LogP contribution >= 0.6 is 0 Å². The molecule has 1 aliphatic rings. The molecule has 4 nitrogen and oxygen atoms in total. The fourth-order valence-corrected chi connectivity index (χ4v) is 1.86. The van der Waals surface area contributed by atoms with Gasteiger partial charge in [-0.05, 0) is 25.3 Å². The number of amides is 1. The molecule has 0 radical (unpaired) electrons. The van der Waals surface area contributed by atoms with E-state index in [-0.39, 0.29) is 11.4 Å². The molecule has 0 saturated carbocycles. The molecule has 1 N–H and O–H groups in total. The smallest absolute Gasteiger partial charge is 0.220 e. The van der Waals surface area contributed by atoms with Crippen molar-refractivity contribution in [1.29, 1.82) is 0 Å². The minimum absolute atomic E-state index is 0.109. The highest BCUT2D eigenvalue weighted by Gasteiger charge is 2.32. The molecule has 2 heterocycles. The van der Waals surface area contributed by atoms with Gasteiger partial charge in [0.1, 0.15) is 6.33 Å². The lowest BCUT2D eigenvalue weighted by Crippen LogP contribution is -2.40. The highest BCUT2D eigenvalue weighted by atomic mass is 16.2. The molecule has 2 rings (SSSR count). The number of carbonyl (C=O) groups is 1. The summed E-state index contributed by atoms with van der Waals surface area (Å²) in [6.07, 6.45) is 7.43. The Bertz CT molecular complexity index is 338. The van der Waals surface area contributed by atoms with Crippen molar-refractivity contribution in [2.75, 3.05) is 0 Å². The molecule has 14 heavy (non-hydrogen) atoms. The number of nitrogens with one attached hydrogen (secondary N) is 1. The third-order valence-electron chi connectivity index (χ3n) is 2.55. The predicted octanol–water partition coefficient (Wildman–Crippen LogP) is 0.688. The maximum Gasteiger partial charge on any atom is 0.220 e. The molecule has 1 unspecified atom stereocenters. The van der Waals surface area contributed by atoms with Crippen LogP contribution < -0.4 is 5.32 Å². The summed E-state index contributed by atoms with van der Waals surface area (Å²) < 4.78 is 0. The number of aromatic nitrogens is 2. The van der Waals surface area contributed by atoms with Gasteiger partial charge >= 0.3 is 0 Å². The summed E-state index contributed by atoms with van der Waals surface area (Å²) in [6.45, 7) is 2.06. The van der Waals surface area contributed by atoms with E-state index in [1.54, 1.807) is 12.4 Å². The Labute approximate surface area is 82.8 Å². The van der Waals surface area contributed by atoms with E-state index in [4.69, 9.17) is 0 Å². The molecular weight excluding hydrogens is 178 g/mol. The maximum atomic E-state index is 11.1. The predicted molar refractivity (Wildman–Crippen MR) is 51.5 cm³/mol. The van der Waals surface area contributed by atoms with Crippen molar-refractivity contribution >= 4 is 5.91 Å². The third kappa shape index (κ3) is 1.89. The molecular formula is C10H13N3O. The van der Waals surface area contributed by atoms with E-state index in [1.807, 2.05) is 0 Å². The van der Waals surface area contributed by atoms with Crippen LogP contribution in [0.1, 0.15) is 25.3 Å². The zero-order valence-electron chi connectivity index (χ0n) is 8.16. The normalized spacial score (nSPS) is 26.2. The van der Waals surface area contributed by atoms with Crippen LogP contribution in [0.5, 0.6) is 0 Å². The van der Waals surface area contributed by atoms with Crippen molar-refractivity contribution in [3.05, 3.63) is 24.3 Å². The topological polar surface area (TPSA) is 54.9 Å². The highest BCUT2D eigenvalue weighted by Crippen LogP contribution is 2.23. The van der Waals surface area contributed by atoms with Gasteiger partial charge < -0.3 is 5.32 Å². The van der Waals surface area contributed by atoms with Crippen molar-refractivity contribution in [2.24, 2.45) is 0 Å². The quantitative estimate of drug-likeness (QED) is 0.748. The Hall–Kier alpha value is -1.45. The minimum atomic E-state index is -0.109. The fraction of sp³-hybridized carbons (Fsp3) is 0.500. The third-order valence-corrected chi connectivity index (χ3v) is 2.55. The van der Waals surface area contributed by atoms with Gasteiger partial charge in [0, 0.05) is 24.4 Å². The zero-order chi connectivity index (χ0) is 10.0. The Morgan fingerprint density at radius 1 is 1.50 bits per heavy atom. The van der Waals surface area contributed by atoms with Gasteiger partial charge in [-0.15, -0.1) is 0 Å². The molecule has 0 aromatic carbocycles. The summed E-state index contributed by atoms with van der Waals surface area (Å²) in [7, 11) is 0. The van der Waals surface area contributed by atoms with E-state index in [0.717, 1.165) is 18.4 Å². The monoisotopic (exact) mass is 191 g/mol. The van der Waals surface area contributed by atoms with Crippen molar-refractivity contribution in [1.82, 2.24) is 15.3 Å². The lowest BCUT2D eigenvalue weighted by Gasteiger charge is -2.23. The molecule has 1 aromatic rings. The summed E-state index contributed by atoms with van der Waals surface area (Å²) in [5.41, 5.74) is 0.958. The van der Waals surface area contributed by atoms with E-state index >= 15 is 0 Å². The maximum absolute atomic E-state index is 11.1. The molecule has 4 heteroatoms. The molecule has 1 amide bonds. The number of hydrogen-bond donors (Lipinski definition) is 1. The van der Waals surface area contributed by atoms with Crippen LogP contribution in [-0.2, 0) is 11.2 Å². The lowest BCUT2D eigenvalue weighted by molar-refractivity contribution is -0.119. The van der Waals surface area contributed by atoms with Gasteiger partial charge in [-0.2, -0.15) is 0 Å². The van der Waals surface area contributed by atoms with Gasteiger partial charge in [0.2, 0.25) is 5.91 Å². The standard InChI is InChI=1S/C10H13N3O/c1-10(3-2-9(14)13-10)4-8-5-11-7-12-6-8/h5-7H,2-4H2,1H3,(H,13,14). The van der Waals surface area contributed by atoms with E-state index in [1.165, 1.54) is 6.33 Å². The number of rotatable bonds is 2. The Morgan fingerprint density at radius 3 is 2.79 bits per heavy atom. The SMILES string of the molecule is CC1(Cc2cncnc2)CCC(=O)N1. The average Bonchev–Trinajstić information content (AvgIpc) is 2.47. The van der Waals surface area contributed by atoms with E-state index in [2.05, 4.69) is 22.2 Å². The largest absolute Gasteiger partial charge is 0.351 e. The molecule has 1 saturated heterocycles. The second-order valence-electron chi connectivity index (χ2n) is 4.03. The van der Waals surface area contributed by atoms with Gasteiger partial charge in [-0.25, -0.2) is 9.97 Å². The van der Waals surface area contributed by atoms with Crippen molar-refractivity contribution < 1.29 is 4.79 Å². The first-order chi connectivity index (χ1) is 6.68. The van der Waals surface area contributed by atoms with Gasteiger partial charge in [0.25, 0.3) is 0 Å². The molecule has 1 fully saturated rings. The van der Waals surface area contributed by atoms with Gasteiger partial charge in [-0.3, -0.25) is 4.79 Å². The second-order valence-corrected chi connectivity index (χ2v) is 4.03. The summed E-state index contributed by atoms with van der Waals surface area (Å²) >= 11 is 0. The van der Waals surface area contributed by atoms with Crippen LogP contribution in [-0.4, -0.2) is 21.4 Å². The minimum Gasteiger partial charge on any atom is -0.351 e. The molecule has 1 atom stereocenters. The van der Waals surface area contributed by atoms with E-state index in [0.29, 0.717) is 6.42 Å². The van der Waals surface area contributed by atoms with Crippen molar-refractivity contribution in [3.63, 3.8) is 0 Å². The van der Waals surface area contributed by atoms with Crippen LogP contribution in [0.4, 0.5) is 0 Å². The Morgan fingerprint density at radius 2 is 2.21 bits per heavy atom. The summed E-state index contributed by atoms with van der Waals surface area (Å²) in [6, 6.07) is 0. The summed E-state index contributed by atoms with van der Waals surface area (Å²) in [5.74, 6) is 0.143.